The largest absolute Gasteiger partial charge is 0.340 e. The predicted octanol–water partition coefficient (Wildman–Crippen LogP) is 4.00. The molecule has 0 aromatic heterocycles. The van der Waals surface area contributed by atoms with Crippen LogP contribution in [0.3, 0.4) is 0 Å². The lowest BCUT2D eigenvalue weighted by atomic mass is 9.81. The first kappa shape index (κ1) is 28.3. The minimum Gasteiger partial charge on any atom is -0.340 e. The first-order valence-electron chi connectivity index (χ1n) is 13.8. The van der Waals surface area contributed by atoms with Gasteiger partial charge in [-0.05, 0) is 75.8 Å². The van der Waals surface area contributed by atoms with Crippen LogP contribution >= 0.6 is 0 Å². The number of carbonyl (C=O) groups is 2. The molecule has 0 unspecified atom stereocenters. The molecule has 1 N–H and O–H groups in total. The second kappa shape index (κ2) is 12.0. The van der Waals surface area contributed by atoms with E-state index >= 15 is 0 Å². The first-order valence-corrected chi connectivity index (χ1v) is 15.6. The van der Waals surface area contributed by atoms with Gasteiger partial charge >= 0.3 is 0 Å². The fraction of sp³-hybridized carbons (Fsp3) is 0.533. The third-order valence-electron chi connectivity index (χ3n) is 8.39. The number of hydrogen-bond donors (Lipinski definition) is 1. The van der Waals surface area contributed by atoms with Gasteiger partial charge in [-0.1, -0.05) is 49.4 Å². The number of hydrogen-bond acceptors (Lipinski definition) is 5. The summed E-state index contributed by atoms with van der Waals surface area (Å²) < 4.78 is 25.3. The van der Waals surface area contributed by atoms with Crippen LogP contribution in [0.25, 0.3) is 11.1 Å². The molecule has 0 bridgehead atoms. The number of likely N-dealkylation sites (tertiary alicyclic amines) is 1. The highest BCUT2D eigenvalue weighted by atomic mass is 32.2. The Balaban J connectivity index is 1.46. The van der Waals surface area contributed by atoms with Gasteiger partial charge in [-0.2, -0.15) is 0 Å². The summed E-state index contributed by atoms with van der Waals surface area (Å²) in [5, 5.41) is 2.95. The van der Waals surface area contributed by atoms with Crippen molar-refractivity contribution in [2.24, 2.45) is 5.92 Å². The van der Waals surface area contributed by atoms with Gasteiger partial charge < -0.3 is 15.1 Å². The second-order valence-electron chi connectivity index (χ2n) is 11.0. The molecule has 1 saturated heterocycles. The zero-order valence-electron chi connectivity index (χ0n) is 23.0. The van der Waals surface area contributed by atoms with E-state index in [9.17, 15) is 18.0 Å². The van der Waals surface area contributed by atoms with Crippen molar-refractivity contribution in [2.75, 3.05) is 25.1 Å². The van der Waals surface area contributed by atoms with Crippen molar-refractivity contribution >= 4 is 21.7 Å². The second-order valence-corrected chi connectivity index (χ2v) is 13.4. The molecule has 8 heteroatoms. The third-order valence-corrected chi connectivity index (χ3v) is 10.2. The summed E-state index contributed by atoms with van der Waals surface area (Å²) in [5.74, 6) is -0.271. The molecule has 1 aliphatic carbocycles. The summed E-state index contributed by atoms with van der Waals surface area (Å²) in [6, 6.07) is 17.2. The smallest absolute Gasteiger partial charge is 0.251 e. The van der Waals surface area contributed by atoms with Crippen LogP contribution in [0, 0.1) is 5.92 Å². The number of carbonyl (C=O) groups excluding carboxylic acids is 2. The van der Waals surface area contributed by atoms with Crippen molar-refractivity contribution in [3.8, 4) is 11.1 Å². The molecule has 4 rings (SSSR count). The molecule has 206 valence electrons. The molecule has 2 aliphatic rings. The highest BCUT2D eigenvalue weighted by Crippen LogP contribution is 2.35. The normalized spacial score (nSPS) is 24.3. The van der Waals surface area contributed by atoms with Crippen molar-refractivity contribution in [3.63, 3.8) is 0 Å². The van der Waals surface area contributed by atoms with Gasteiger partial charge in [0.1, 0.15) is 15.9 Å². The van der Waals surface area contributed by atoms with E-state index < -0.39 is 15.9 Å². The van der Waals surface area contributed by atoms with Crippen molar-refractivity contribution in [3.05, 3.63) is 60.2 Å². The number of sulfone groups is 1. The Hall–Kier alpha value is -2.71. The Morgan fingerprint density at radius 2 is 1.76 bits per heavy atom. The topological polar surface area (TPSA) is 86.8 Å². The lowest BCUT2D eigenvalue weighted by Crippen LogP contribution is -2.53. The monoisotopic (exact) mass is 539 g/mol. The summed E-state index contributed by atoms with van der Waals surface area (Å²) in [6.07, 6.45) is 2.99. The maximum Gasteiger partial charge on any atom is 0.251 e. The highest BCUT2D eigenvalue weighted by molar-refractivity contribution is 7.91. The van der Waals surface area contributed by atoms with Crippen molar-refractivity contribution < 1.29 is 18.0 Å². The molecule has 2 aromatic carbocycles. The Labute approximate surface area is 227 Å². The van der Waals surface area contributed by atoms with E-state index in [4.69, 9.17) is 0 Å². The zero-order chi connectivity index (χ0) is 27.4. The molecule has 1 saturated carbocycles. The lowest BCUT2D eigenvalue weighted by molar-refractivity contribution is -0.133. The Morgan fingerprint density at radius 1 is 1.05 bits per heavy atom. The fourth-order valence-corrected chi connectivity index (χ4v) is 7.17. The van der Waals surface area contributed by atoms with Crippen molar-refractivity contribution in [2.45, 2.75) is 70.6 Å². The van der Waals surface area contributed by atoms with E-state index in [0.29, 0.717) is 30.6 Å². The highest BCUT2D eigenvalue weighted by Gasteiger charge is 2.44. The molecule has 2 fully saturated rings. The van der Waals surface area contributed by atoms with E-state index in [1.165, 1.54) is 0 Å². The number of nitrogens with one attached hydrogen (secondary N) is 1. The molecule has 38 heavy (non-hydrogen) atoms. The quantitative estimate of drug-likeness (QED) is 0.521. The van der Waals surface area contributed by atoms with Crippen molar-refractivity contribution in [1.82, 2.24) is 15.1 Å². The van der Waals surface area contributed by atoms with E-state index in [2.05, 4.69) is 31.1 Å². The molecule has 0 radical (unpaired) electrons. The first-order chi connectivity index (χ1) is 18.1. The van der Waals surface area contributed by atoms with Crippen LogP contribution in [-0.4, -0.2) is 79.3 Å². The number of nitrogens with zero attached hydrogens (tertiary/aromatic N) is 2. The Bertz CT molecular complexity index is 1230. The summed E-state index contributed by atoms with van der Waals surface area (Å²) in [6.45, 7) is 6.52. The van der Waals surface area contributed by atoms with Gasteiger partial charge in [-0.25, -0.2) is 8.42 Å². The zero-order valence-corrected chi connectivity index (χ0v) is 23.8. The molecular formula is C30H41N3O4S. The average molecular weight is 540 g/mol. The third kappa shape index (κ3) is 6.46. The maximum atomic E-state index is 13.5. The number of rotatable bonds is 9. The average Bonchev–Trinajstić information content (AvgIpc) is 3.27. The van der Waals surface area contributed by atoms with Crippen LogP contribution in [0.2, 0.25) is 0 Å². The summed E-state index contributed by atoms with van der Waals surface area (Å²) in [7, 11) is -1.09. The molecule has 1 aliphatic heterocycles. The van der Waals surface area contributed by atoms with Gasteiger partial charge in [0.15, 0.2) is 0 Å². The van der Waals surface area contributed by atoms with Gasteiger partial charge in [0.05, 0.1) is 5.75 Å². The molecule has 2 amide bonds. The van der Waals surface area contributed by atoms with Gasteiger partial charge in [-0.3, -0.25) is 9.59 Å². The molecule has 1 heterocycles. The Morgan fingerprint density at radius 3 is 2.45 bits per heavy atom. The summed E-state index contributed by atoms with van der Waals surface area (Å²) in [4.78, 5) is 30.8. The van der Waals surface area contributed by atoms with Crippen molar-refractivity contribution in [1.29, 1.82) is 0 Å². The van der Waals surface area contributed by atoms with Gasteiger partial charge in [0.2, 0.25) is 5.91 Å². The molecule has 0 spiro atoms. The minimum atomic E-state index is -3.19. The van der Waals surface area contributed by atoms with Crippen LogP contribution in [0.5, 0.6) is 0 Å². The number of amides is 2. The SMILES string of the molecule is CCS(=O)(=O)C[C@H]1C[C@H](N(C)C(C)C)CC[C@@H]1N1CC[C@H](NC(=O)c2cccc(-c3ccccc3)c2)C1=O. The lowest BCUT2D eigenvalue weighted by Gasteiger charge is -2.44. The van der Waals surface area contributed by atoms with Crippen LogP contribution < -0.4 is 5.32 Å². The molecule has 4 atom stereocenters. The van der Waals surface area contributed by atoms with E-state index in [0.717, 1.165) is 30.4 Å². The maximum absolute atomic E-state index is 13.5. The van der Waals surface area contributed by atoms with E-state index in [1.807, 2.05) is 53.4 Å². The van der Waals surface area contributed by atoms with Crippen LogP contribution in [0.15, 0.2) is 54.6 Å². The molecule has 2 aromatic rings. The number of benzene rings is 2. The fourth-order valence-electron chi connectivity index (χ4n) is 5.93. The van der Waals surface area contributed by atoms with Crippen LogP contribution in [0.1, 0.15) is 56.8 Å². The summed E-state index contributed by atoms with van der Waals surface area (Å²) in [5.41, 5.74) is 2.49. The predicted molar refractivity (Wildman–Crippen MR) is 152 cm³/mol. The Kier molecular flexibility index (Phi) is 8.93. The van der Waals surface area contributed by atoms with E-state index in [1.54, 1.807) is 13.0 Å². The standard InChI is InChI=1S/C30H41N3O4S/c1-5-38(36,37)20-25-19-26(32(4)21(2)3)14-15-28(25)33-17-16-27(30(33)35)31-29(34)24-13-9-12-23(18-24)22-10-7-6-8-11-22/h6-13,18,21,25-28H,5,14-17,19-20H2,1-4H3,(H,31,34)/t25-,26-,27+,28+/m1/s1. The van der Waals surface area contributed by atoms with Gasteiger partial charge in [0, 0.05) is 36.0 Å². The van der Waals surface area contributed by atoms with E-state index in [-0.39, 0.29) is 35.3 Å². The molecular weight excluding hydrogens is 498 g/mol. The van der Waals surface area contributed by atoms with Crippen LogP contribution in [0.4, 0.5) is 0 Å². The summed E-state index contributed by atoms with van der Waals surface area (Å²) >= 11 is 0. The minimum absolute atomic E-state index is 0.0999. The van der Waals surface area contributed by atoms with Gasteiger partial charge in [0.25, 0.3) is 5.91 Å². The van der Waals surface area contributed by atoms with Crippen LogP contribution in [-0.2, 0) is 14.6 Å². The van der Waals surface area contributed by atoms with Gasteiger partial charge in [-0.15, -0.1) is 0 Å². The molecule has 7 nitrogen and oxygen atoms in total.